The van der Waals surface area contributed by atoms with Gasteiger partial charge < -0.3 is 9.16 Å². The molecular formula is C19H35NO4Si. The lowest BCUT2D eigenvalue weighted by molar-refractivity contribution is -0.125. The fourth-order valence-electron chi connectivity index (χ4n) is 3.92. The van der Waals surface area contributed by atoms with Crippen LogP contribution in [0.15, 0.2) is 12.2 Å². The average molecular weight is 370 g/mol. The highest BCUT2D eigenvalue weighted by Gasteiger charge is 2.46. The van der Waals surface area contributed by atoms with Crippen molar-refractivity contribution in [1.29, 1.82) is 0 Å². The molecule has 1 rings (SSSR count). The summed E-state index contributed by atoms with van der Waals surface area (Å²) in [6.45, 7) is 19.0. The summed E-state index contributed by atoms with van der Waals surface area (Å²) in [7, 11) is -2.05. The van der Waals surface area contributed by atoms with Crippen molar-refractivity contribution in [3.63, 3.8) is 0 Å². The first-order chi connectivity index (χ1) is 11.3. The summed E-state index contributed by atoms with van der Waals surface area (Å²) in [5.41, 5.74) is 0.702. The molecule has 0 saturated heterocycles. The molecule has 1 aliphatic heterocycles. The van der Waals surface area contributed by atoms with E-state index in [0.29, 0.717) is 23.2 Å². The number of nitrogens with zero attached hydrogens (tertiary/aromatic N) is 1. The quantitative estimate of drug-likeness (QED) is 0.626. The van der Waals surface area contributed by atoms with E-state index in [-0.39, 0.29) is 5.91 Å². The molecule has 0 aliphatic carbocycles. The van der Waals surface area contributed by atoms with Crippen molar-refractivity contribution < 1.29 is 18.8 Å². The number of amides is 2. The lowest BCUT2D eigenvalue weighted by atomic mass is 10.2. The third-order valence-electron chi connectivity index (χ3n) is 4.83. The highest BCUT2D eigenvalue weighted by atomic mass is 28.4. The van der Waals surface area contributed by atoms with Crippen LogP contribution in [-0.4, -0.2) is 43.5 Å². The summed E-state index contributed by atoms with van der Waals surface area (Å²) in [6, 6.07) is -0.398. The normalized spacial score (nSPS) is 18.8. The summed E-state index contributed by atoms with van der Waals surface area (Å²) in [5.74, 6) is -0.339. The Balaban J connectivity index is 2.94. The van der Waals surface area contributed by atoms with Gasteiger partial charge in [-0.05, 0) is 37.4 Å². The highest BCUT2D eigenvalue weighted by molar-refractivity contribution is 6.77. The van der Waals surface area contributed by atoms with Crippen molar-refractivity contribution in [3.8, 4) is 0 Å². The Bertz CT molecular complexity index is 498. The molecular weight excluding hydrogens is 334 g/mol. The highest BCUT2D eigenvalue weighted by Crippen LogP contribution is 2.42. The van der Waals surface area contributed by atoms with Crippen LogP contribution in [0, 0.1) is 0 Å². The van der Waals surface area contributed by atoms with Gasteiger partial charge in [0, 0.05) is 6.08 Å². The van der Waals surface area contributed by atoms with Crippen LogP contribution in [-0.2, 0) is 14.0 Å². The van der Waals surface area contributed by atoms with Crippen molar-refractivity contribution in [2.75, 3.05) is 6.61 Å². The molecule has 144 valence electrons. The third kappa shape index (κ3) is 4.94. The molecule has 2 amide bonds. The molecule has 5 nitrogen and oxygen atoms in total. The predicted octanol–water partition coefficient (Wildman–Crippen LogP) is 4.88. The number of hydrogen-bond acceptors (Lipinski definition) is 4. The average Bonchev–Trinajstić information content (AvgIpc) is 2.77. The van der Waals surface area contributed by atoms with E-state index in [4.69, 9.17) is 9.16 Å². The minimum Gasteiger partial charge on any atom is -0.443 e. The zero-order valence-electron chi connectivity index (χ0n) is 17.3. The Hall–Kier alpha value is -1.14. The second-order valence-electron chi connectivity index (χ2n) is 8.74. The maximum atomic E-state index is 12.4. The first-order valence-corrected chi connectivity index (χ1v) is 11.3. The van der Waals surface area contributed by atoms with Crippen LogP contribution >= 0.6 is 0 Å². The van der Waals surface area contributed by atoms with E-state index in [9.17, 15) is 9.59 Å². The summed E-state index contributed by atoms with van der Waals surface area (Å²) >= 11 is 0. The Morgan fingerprint density at radius 2 is 1.60 bits per heavy atom. The number of imide groups is 1. The summed E-state index contributed by atoms with van der Waals surface area (Å²) in [4.78, 5) is 25.7. The van der Waals surface area contributed by atoms with Gasteiger partial charge in [-0.25, -0.2) is 9.69 Å². The smallest absolute Gasteiger partial charge is 0.417 e. The molecule has 0 aromatic carbocycles. The molecule has 1 atom stereocenters. The zero-order valence-corrected chi connectivity index (χ0v) is 18.3. The van der Waals surface area contributed by atoms with Gasteiger partial charge in [0.1, 0.15) is 5.60 Å². The van der Waals surface area contributed by atoms with Crippen molar-refractivity contribution in [2.24, 2.45) is 0 Å². The molecule has 1 aliphatic rings. The van der Waals surface area contributed by atoms with E-state index in [1.54, 1.807) is 26.8 Å². The fourth-order valence-corrected chi connectivity index (χ4v) is 9.38. The maximum absolute atomic E-state index is 12.4. The van der Waals surface area contributed by atoms with Crippen LogP contribution < -0.4 is 0 Å². The summed E-state index contributed by atoms with van der Waals surface area (Å²) in [5, 5.41) is 0. The first-order valence-electron chi connectivity index (χ1n) is 9.21. The van der Waals surface area contributed by atoms with Crippen LogP contribution in [0.25, 0.3) is 0 Å². The third-order valence-corrected chi connectivity index (χ3v) is 10.9. The minimum absolute atomic E-state index is 0.336. The molecule has 0 spiro atoms. The molecule has 0 aromatic heterocycles. The molecule has 0 saturated carbocycles. The van der Waals surface area contributed by atoms with Gasteiger partial charge in [0.15, 0.2) is 8.32 Å². The van der Waals surface area contributed by atoms with Gasteiger partial charge in [-0.1, -0.05) is 47.6 Å². The topological polar surface area (TPSA) is 55.8 Å². The number of rotatable bonds is 6. The maximum Gasteiger partial charge on any atom is 0.417 e. The van der Waals surface area contributed by atoms with E-state index >= 15 is 0 Å². The SMILES string of the molecule is CC(C)[Si](OC[C@@H]1C=CC(=O)N1C(=O)OC(C)(C)C)(C(C)C)C(C)C. The summed E-state index contributed by atoms with van der Waals surface area (Å²) < 4.78 is 11.9. The molecule has 0 N–H and O–H groups in total. The van der Waals surface area contributed by atoms with E-state index in [2.05, 4.69) is 41.5 Å². The van der Waals surface area contributed by atoms with Gasteiger partial charge in [-0.3, -0.25) is 4.79 Å². The standard InChI is InChI=1S/C19H35NO4Si/c1-13(2)25(14(3)4,15(5)6)23-12-16-10-11-17(21)20(16)18(22)24-19(7,8)9/h10-11,13-16H,12H2,1-9H3/t16-/m0/s1. The Morgan fingerprint density at radius 3 is 2.00 bits per heavy atom. The number of ether oxygens (including phenoxy) is 1. The summed E-state index contributed by atoms with van der Waals surface area (Å²) in [6.07, 6.45) is 2.57. The van der Waals surface area contributed by atoms with Gasteiger partial charge in [-0.2, -0.15) is 0 Å². The zero-order chi connectivity index (χ0) is 19.6. The van der Waals surface area contributed by atoms with Crippen LogP contribution in [0.4, 0.5) is 4.79 Å². The van der Waals surface area contributed by atoms with Gasteiger partial charge in [-0.15, -0.1) is 0 Å². The van der Waals surface area contributed by atoms with E-state index in [1.807, 2.05) is 0 Å². The van der Waals surface area contributed by atoms with Crippen LogP contribution in [0.5, 0.6) is 0 Å². The van der Waals surface area contributed by atoms with Gasteiger partial charge in [0.05, 0.1) is 12.6 Å². The van der Waals surface area contributed by atoms with Crippen LogP contribution in [0.3, 0.4) is 0 Å². The van der Waals surface area contributed by atoms with Crippen LogP contribution in [0.1, 0.15) is 62.3 Å². The number of hydrogen-bond donors (Lipinski definition) is 0. The molecule has 0 radical (unpaired) electrons. The van der Waals surface area contributed by atoms with Crippen molar-refractivity contribution in [1.82, 2.24) is 4.90 Å². The first kappa shape index (κ1) is 21.9. The van der Waals surface area contributed by atoms with Crippen molar-refractivity contribution in [2.45, 2.75) is 90.6 Å². The van der Waals surface area contributed by atoms with E-state index < -0.39 is 26.1 Å². The van der Waals surface area contributed by atoms with Gasteiger partial charge in [0.25, 0.3) is 5.91 Å². The molecule has 0 unspecified atom stereocenters. The fraction of sp³-hybridized carbons (Fsp3) is 0.789. The second-order valence-corrected chi connectivity index (χ2v) is 14.2. The number of carbonyl (C=O) groups excluding carboxylic acids is 2. The van der Waals surface area contributed by atoms with Crippen molar-refractivity contribution >= 4 is 20.3 Å². The second kappa shape index (κ2) is 8.04. The lowest BCUT2D eigenvalue weighted by Gasteiger charge is -2.43. The molecule has 0 bridgehead atoms. The van der Waals surface area contributed by atoms with E-state index in [0.717, 1.165) is 0 Å². The van der Waals surface area contributed by atoms with Gasteiger partial charge in [0.2, 0.25) is 0 Å². The van der Waals surface area contributed by atoms with Crippen LogP contribution in [0.2, 0.25) is 16.6 Å². The molecule has 0 aromatic rings. The molecule has 6 heteroatoms. The largest absolute Gasteiger partial charge is 0.443 e. The van der Waals surface area contributed by atoms with E-state index in [1.165, 1.54) is 11.0 Å². The Labute approximate surface area is 153 Å². The predicted molar refractivity (Wildman–Crippen MR) is 103 cm³/mol. The minimum atomic E-state index is -2.05. The molecule has 1 heterocycles. The monoisotopic (exact) mass is 369 g/mol. The lowest BCUT2D eigenvalue weighted by Crippen LogP contribution is -2.51. The molecule has 25 heavy (non-hydrogen) atoms. The molecule has 0 fully saturated rings. The Morgan fingerprint density at radius 1 is 1.12 bits per heavy atom. The van der Waals surface area contributed by atoms with Crippen molar-refractivity contribution in [3.05, 3.63) is 12.2 Å². The van der Waals surface area contributed by atoms with Gasteiger partial charge >= 0.3 is 6.09 Å². The number of carbonyl (C=O) groups is 2. The Kier molecular flexibility index (Phi) is 7.04.